The van der Waals surface area contributed by atoms with Gasteiger partial charge in [0.1, 0.15) is 5.25 Å². The number of methoxy groups -OCH3 is 2. The second-order valence-corrected chi connectivity index (χ2v) is 10.0. The van der Waals surface area contributed by atoms with Gasteiger partial charge in [-0.1, -0.05) is 40.8 Å². The number of aromatic amines is 1. The molecule has 2 amide bonds. The highest BCUT2D eigenvalue weighted by atomic mass is 32.2. The highest BCUT2D eigenvalue weighted by Gasteiger charge is 2.56. The maximum absolute atomic E-state index is 13.7. The number of thioether (sulfide) groups is 1. The molecule has 3 atom stereocenters. The van der Waals surface area contributed by atoms with E-state index in [0.29, 0.717) is 21.2 Å². The molecular formula is C23H20N2O6S2. The molecule has 170 valence electrons. The van der Waals surface area contributed by atoms with E-state index in [1.807, 2.05) is 19.1 Å². The summed E-state index contributed by atoms with van der Waals surface area (Å²) in [5, 5.41) is 10.2. The Labute approximate surface area is 197 Å². The number of ether oxygens (including phenoxy) is 2. The van der Waals surface area contributed by atoms with Gasteiger partial charge in [0.25, 0.3) is 0 Å². The fourth-order valence-corrected chi connectivity index (χ4v) is 6.93. The molecule has 0 saturated carbocycles. The number of anilines is 1. The van der Waals surface area contributed by atoms with Crippen molar-refractivity contribution >= 4 is 40.6 Å². The Kier molecular flexibility index (Phi) is 5.21. The normalized spacial score (nSPS) is 21.7. The number of H-pyrrole nitrogens is 1. The monoisotopic (exact) mass is 484 g/mol. The summed E-state index contributed by atoms with van der Waals surface area (Å²) in [5.41, 5.74) is 2.15. The van der Waals surface area contributed by atoms with Crippen LogP contribution in [0.2, 0.25) is 0 Å². The van der Waals surface area contributed by atoms with Crippen LogP contribution in [0.4, 0.5) is 5.69 Å². The number of aromatic hydroxyl groups is 1. The third kappa shape index (κ3) is 3.32. The van der Waals surface area contributed by atoms with Gasteiger partial charge in [0.05, 0.1) is 30.9 Å². The van der Waals surface area contributed by atoms with E-state index in [4.69, 9.17) is 9.47 Å². The van der Waals surface area contributed by atoms with E-state index in [-0.39, 0.29) is 33.9 Å². The summed E-state index contributed by atoms with van der Waals surface area (Å²) in [6.45, 7) is 1.93. The zero-order valence-electron chi connectivity index (χ0n) is 17.9. The highest BCUT2D eigenvalue weighted by Crippen LogP contribution is 2.54. The molecule has 5 rings (SSSR count). The van der Waals surface area contributed by atoms with Crippen molar-refractivity contribution in [1.29, 1.82) is 0 Å². The molecule has 2 aromatic carbocycles. The second-order valence-electron chi connectivity index (χ2n) is 7.87. The number of imide groups is 1. The molecule has 0 radical (unpaired) electrons. The number of aryl methyl sites for hydroxylation is 1. The summed E-state index contributed by atoms with van der Waals surface area (Å²) < 4.78 is 10.6. The Morgan fingerprint density at radius 2 is 1.64 bits per heavy atom. The van der Waals surface area contributed by atoms with Crippen molar-refractivity contribution in [2.24, 2.45) is 5.92 Å². The summed E-state index contributed by atoms with van der Waals surface area (Å²) in [6.07, 6.45) is 0. The largest absolute Gasteiger partial charge is 0.502 e. The topological polar surface area (TPSA) is 109 Å². The number of nitrogens with zero attached hydrogens (tertiary/aromatic N) is 1. The standard InChI is InChI=1S/C23H20N2O6S2/c1-10-4-6-12(7-5-10)25-21(27)16-15(11-8-13(30-2)17(26)14(9-11)31-3)18-20(24-23(29)33-18)32-19(16)22(25)28/h4-9,15-16,19,26H,1-3H3,(H,24,29)/t15-,16-,19+/m0/s1. The van der Waals surface area contributed by atoms with Crippen LogP contribution >= 0.6 is 23.1 Å². The number of amides is 2. The highest BCUT2D eigenvalue weighted by molar-refractivity contribution is 8.00. The lowest BCUT2D eigenvalue weighted by Crippen LogP contribution is -2.32. The first kappa shape index (κ1) is 21.6. The van der Waals surface area contributed by atoms with Crippen LogP contribution < -0.4 is 19.2 Å². The molecule has 0 spiro atoms. The van der Waals surface area contributed by atoms with Crippen LogP contribution in [0, 0.1) is 12.8 Å². The molecule has 1 saturated heterocycles. The second kappa shape index (κ2) is 7.96. The predicted octanol–water partition coefficient (Wildman–Crippen LogP) is 3.26. The maximum atomic E-state index is 13.7. The van der Waals surface area contributed by atoms with Gasteiger partial charge >= 0.3 is 4.87 Å². The van der Waals surface area contributed by atoms with E-state index in [1.165, 1.54) is 30.9 Å². The van der Waals surface area contributed by atoms with E-state index >= 15 is 0 Å². The number of rotatable bonds is 4. The molecule has 1 aromatic heterocycles. The number of hydrogen-bond acceptors (Lipinski definition) is 8. The molecule has 10 heteroatoms. The fourth-order valence-electron chi connectivity index (χ4n) is 4.42. The van der Waals surface area contributed by atoms with E-state index in [0.717, 1.165) is 16.9 Å². The minimum absolute atomic E-state index is 0.164. The summed E-state index contributed by atoms with van der Waals surface area (Å²) in [4.78, 5) is 43.8. The van der Waals surface area contributed by atoms with Crippen LogP contribution in [-0.4, -0.2) is 41.4 Å². The van der Waals surface area contributed by atoms with E-state index < -0.39 is 17.1 Å². The van der Waals surface area contributed by atoms with Crippen LogP contribution in [0.3, 0.4) is 0 Å². The van der Waals surface area contributed by atoms with Gasteiger partial charge in [-0.05, 0) is 36.8 Å². The summed E-state index contributed by atoms with van der Waals surface area (Å²) in [6, 6.07) is 10.5. The number of carbonyl (C=O) groups excluding carboxylic acids is 2. The van der Waals surface area contributed by atoms with E-state index in [2.05, 4.69) is 4.98 Å². The van der Waals surface area contributed by atoms with Crippen LogP contribution in [0.1, 0.15) is 21.9 Å². The van der Waals surface area contributed by atoms with Gasteiger partial charge in [0.2, 0.25) is 17.6 Å². The molecule has 8 nitrogen and oxygen atoms in total. The number of hydrogen-bond donors (Lipinski definition) is 2. The molecule has 0 aliphatic carbocycles. The van der Waals surface area contributed by atoms with Gasteiger partial charge < -0.3 is 19.6 Å². The Hall–Kier alpha value is -3.24. The molecule has 3 heterocycles. The first-order valence-electron chi connectivity index (χ1n) is 10.1. The van der Waals surface area contributed by atoms with E-state index in [9.17, 15) is 19.5 Å². The van der Waals surface area contributed by atoms with Gasteiger partial charge in [-0.2, -0.15) is 0 Å². The molecule has 2 aliphatic heterocycles. The maximum Gasteiger partial charge on any atom is 0.305 e. The predicted molar refractivity (Wildman–Crippen MR) is 125 cm³/mol. The summed E-state index contributed by atoms with van der Waals surface area (Å²) in [5.74, 6) is -1.79. The number of aromatic nitrogens is 1. The molecular weight excluding hydrogens is 464 g/mol. The van der Waals surface area contributed by atoms with Crippen molar-refractivity contribution in [2.45, 2.75) is 23.1 Å². The number of carbonyl (C=O) groups is 2. The van der Waals surface area contributed by atoms with Crippen molar-refractivity contribution in [3.63, 3.8) is 0 Å². The zero-order valence-corrected chi connectivity index (χ0v) is 19.6. The first-order chi connectivity index (χ1) is 15.8. The molecule has 33 heavy (non-hydrogen) atoms. The van der Waals surface area contributed by atoms with Crippen molar-refractivity contribution in [3.8, 4) is 17.2 Å². The third-order valence-electron chi connectivity index (χ3n) is 5.98. The van der Waals surface area contributed by atoms with Gasteiger partial charge in [0, 0.05) is 10.8 Å². The van der Waals surface area contributed by atoms with Crippen molar-refractivity contribution in [1.82, 2.24) is 4.98 Å². The minimum Gasteiger partial charge on any atom is -0.502 e. The van der Waals surface area contributed by atoms with Crippen LogP contribution in [-0.2, 0) is 9.59 Å². The summed E-state index contributed by atoms with van der Waals surface area (Å²) >= 11 is 2.23. The van der Waals surface area contributed by atoms with Crippen LogP contribution in [0.25, 0.3) is 0 Å². The van der Waals surface area contributed by atoms with E-state index in [1.54, 1.807) is 24.3 Å². The molecule has 0 bridgehead atoms. The number of phenols is 1. The number of phenolic OH excluding ortho intramolecular Hbond substituents is 1. The van der Waals surface area contributed by atoms with Crippen LogP contribution in [0.15, 0.2) is 46.2 Å². The molecule has 1 fully saturated rings. The number of benzene rings is 2. The number of thiazole rings is 1. The van der Waals surface area contributed by atoms with Crippen molar-refractivity contribution in [2.75, 3.05) is 19.1 Å². The van der Waals surface area contributed by atoms with Crippen molar-refractivity contribution in [3.05, 3.63) is 62.1 Å². The zero-order chi connectivity index (χ0) is 23.4. The van der Waals surface area contributed by atoms with Crippen LogP contribution in [0.5, 0.6) is 17.2 Å². The molecule has 2 aliphatic rings. The third-order valence-corrected chi connectivity index (χ3v) is 8.38. The summed E-state index contributed by atoms with van der Waals surface area (Å²) in [7, 11) is 2.84. The number of nitrogens with one attached hydrogen (secondary N) is 1. The molecule has 0 unspecified atom stereocenters. The average Bonchev–Trinajstić information content (AvgIpc) is 3.29. The Bertz CT molecular complexity index is 1300. The van der Waals surface area contributed by atoms with Gasteiger partial charge in [-0.3, -0.25) is 14.4 Å². The smallest absolute Gasteiger partial charge is 0.305 e. The minimum atomic E-state index is -0.735. The fraction of sp³-hybridized carbons (Fsp3) is 0.261. The van der Waals surface area contributed by atoms with Gasteiger partial charge in [-0.15, -0.1) is 0 Å². The molecule has 3 aromatic rings. The Morgan fingerprint density at radius 3 is 2.24 bits per heavy atom. The first-order valence-corrected chi connectivity index (χ1v) is 11.8. The quantitative estimate of drug-likeness (QED) is 0.547. The Morgan fingerprint density at radius 1 is 1.00 bits per heavy atom. The lowest BCUT2D eigenvalue weighted by molar-refractivity contribution is -0.122. The number of fused-ring (bicyclic) bond motifs is 2. The van der Waals surface area contributed by atoms with Gasteiger partial charge in [-0.25, -0.2) is 4.90 Å². The SMILES string of the molecule is COc1cc([C@@H]2c3sc(=O)[nH]c3S[C@H]3C(=O)N(c4ccc(C)cc4)C(=O)[C@@H]23)cc(OC)c1O. The lowest BCUT2D eigenvalue weighted by atomic mass is 9.83. The lowest BCUT2D eigenvalue weighted by Gasteiger charge is -2.30. The van der Waals surface area contributed by atoms with Gasteiger partial charge in [0.15, 0.2) is 11.5 Å². The Balaban J connectivity index is 1.68. The van der Waals surface area contributed by atoms with Crippen molar-refractivity contribution < 1.29 is 24.2 Å². The molecule has 2 N–H and O–H groups in total. The average molecular weight is 485 g/mol.